The summed E-state index contributed by atoms with van der Waals surface area (Å²) < 4.78 is 5.55. The van der Waals surface area contributed by atoms with Crippen LogP contribution in [0.3, 0.4) is 0 Å². The molecule has 0 saturated carbocycles. The van der Waals surface area contributed by atoms with Crippen LogP contribution in [0.5, 0.6) is 0 Å². The normalized spacial score (nSPS) is 14.4. The average molecular weight is 420 g/mol. The van der Waals surface area contributed by atoms with Crippen molar-refractivity contribution < 1.29 is 9.21 Å². The summed E-state index contributed by atoms with van der Waals surface area (Å²) in [4.78, 5) is 21.7. The van der Waals surface area contributed by atoms with Crippen LogP contribution in [0.4, 0.5) is 16.2 Å². The van der Waals surface area contributed by atoms with Gasteiger partial charge in [0.15, 0.2) is 0 Å². The molecule has 2 amide bonds. The minimum atomic E-state index is -0.216. The number of benzene rings is 2. The van der Waals surface area contributed by atoms with Gasteiger partial charge in [-0.2, -0.15) is 0 Å². The molecule has 1 aliphatic rings. The Balaban J connectivity index is 1.28. The number of aromatic nitrogens is 1. The first kappa shape index (κ1) is 20.9. The van der Waals surface area contributed by atoms with Crippen molar-refractivity contribution in [2.75, 3.05) is 49.5 Å². The molecule has 1 saturated heterocycles. The number of nitrogens with one attached hydrogen (secondary N) is 2. The Kier molecular flexibility index (Phi) is 6.84. The summed E-state index contributed by atoms with van der Waals surface area (Å²) in [5.41, 5.74) is 3.65. The number of hydrogen-bond acceptors (Lipinski definition) is 5. The molecule has 0 spiro atoms. The summed E-state index contributed by atoms with van der Waals surface area (Å²) >= 11 is 0. The second-order valence-corrected chi connectivity index (χ2v) is 7.58. The number of para-hydroxylation sites is 2. The van der Waals surface area contributed by atoms with Crippen molar-refractivity contribution in [1.29, 1.82) is 0 Å². The molecule has 0 unspecified atom stereocenters. The monoisotopic (exact) mass is 419 g/mol. The summed E-state index contributed by atoms with van der Waals surface area (Å²) in [6.45, 7) is 7.75. The number of carbonyl (C=O) groups excluding carboxylic acids is 1. The van der Waals surface area contributed by atoms with Crippen molar-refractivity contribution in [3.8, 4) is 11.5 Å². The van der Waals surface area contributed by atoms with Gasteiger partial charge in [0.2, 0.25) is 5.89 Å². The van der Waals surface area contributed by atoms with Gasteiger partial charge in [0, 0.05) is 44.7 Å². The molecule has 0 bridgehead atoms. The van der Waals surface area contributed by atoms with E-state index < -0.39 is 0 Å². The van der Waals surface area contributed by atoms with Crippen LogP contribution in [0.15, 0.2) is 65.3 Å². The third-order valence-corrected chi connectivity index (χ3v) is 5.55. The molecule has 0 atom stereocenters. The lowest BCUT2D eigenvalue weighted by atomic mass is 10.2. The van der Waals surface area contributed by atoms with Gasteiger partial charge in [0.05, 0.1) is 17.1 Å². The van der Waals surface area contributed by atoms with Gasteiger partial charge in [-0.05, 0) is 30.8 Å². The van der Waals surface area contributed by atoms with E-state index in [2.05, 4.69) is 38.4 Å². The summed E-state index contributed by atoms with van der Waals surface area (Å²) in [6, 6.07) is 17.5. The minimum absolute atomic E-state index is 0.216. The number of anilines is 2. The molecule has 2 heterocycles. The molecule has 3 aromatic rings. The van der Waals surface area contributed by atoms with E-state index in [9.17, 15) is 4.79 Å². The molecule has 7 nitrogen and oxygen atoms in total. The van der Waals surface area contributed by atoms with E-state index in [1.54, 1.807) is 6.26 Å². The van der Waals surface area contributed by atoms with E-state index in [-0.39, 0.29) is 6.03 Å². The maximum atomic E-state index is 12.5. The Morgan fingerprint density at radius 2 is 1.77 bits per heavy atom. The zero-order valence-electron chi connectivity index (χ0n) is 17.9. The van der Waals surface area contributed by atoms with Crippen LogP contribution in [0.1, 0.15) is 12.6 Å². The molecular weight excluding hydrogens is 390 g/mol. The van der Waals surface area contributed by atoms with Crippen LogP contribution in [0.25, 0.3) is 11.5 Å². The molecule has 31 heavy (non-hydrogen) atoms. The molecule has 2 N–H and O–H groups in total. The smallest absolute Gasteiger partial charge is 0.319 e. The molecule has 1 fully saturated rings. The standard InChI is InChI=1S/C24H29N5O2/c1-2-28-14-16-29(17-15-28)22-11-7-6-10-21(22)27-24(30)25-13-12-20-18-31-23(26-20)19-8-4-3-5-9-19/h3-11,18H,2,12-17H2,1H3,(H2,25,27,30). The van der Waals surface area contributed by atoms with Gasteiger partial charge in [0.1, 0.15) is 6.26 Å². The number of carbonyl (C=O) groups is 1. The highest BCUT2D eigenvalue weighted by Crippen LogP contribution is 2.26. The van der Waals surface area contributed by atoms with Gasteiger partial charge in [-0.1, -0.05) is 37.3 Å². The number of amides is 2. The third-order valence-electron chi connectivity index (χ3n) is 5.55. The highest BCUT2D eigenvalue weighted by atomic mass is 16.3. The van der Waals surface area contributed by atoms with Gasteiger partial charge in [0.25, 0.3) is 0 Å². The fraction of sp³-hybridized carbons (Fsp3) is 0.333. The van der Waals surface area contributed by atoms with Gasteiger partial charge in [-0.15, -0.1) is 0 Å². The van der Waals surface area contributed by atoms with Crippen molar-refractivity contribution in [1.82, 2.24) is 15.2 Å². The Bertz CT molecular complexity index is 980. The summed E-state index contributed by atoms with van der Waals surface area (Å²) in [6.07, 6.45) is 2.25. The molecule has 1 aliphatic heterocycles. The number of piperazine rings is 1. The summed E-state index contributed by atoms with van der Waals surface area (Å²) in [5.74, 6) is 0.595. The molecule has 1 aromatic heterocycles. The largest absolute Gasteiger partial charge is 0.444 e. The van der Waals surface area contributed by atoms with Crippen molar-refractivity contribution in [3.63, 3.8) is 0 Å². The highest BCUT2D eigenvalue weighted by molar-refractivity contribution is 5.93. The molecule has 0 radical (unpaired) electrons. The number of urea groups is 1. The fourth-order valence-corrected chi connectivity index (χ4v) is 3.77. The van der Waals surface area contributed by atoms with E-state index >= 15 is 0 Å². The van der Waals surface area contributed by atoms with Gasteiger partial charge >= 0.3 is 6.03 Å². The van der Waals surface area contributed by atoms with Crippen LogP contribution in [-0.4, -0.2) is 55.2 Å². The summed E-state index contributed by atoms with van der Waals surface area (Å²) in [5, 5.41) is 5.92. The second-order valence-electron chi connectivity index (χ2n) is 7.58. The first-order chi connectivity index (χ1) is 15.2. The first-order valence-electron chi connectivity index (χ1n) is 10.8. The number of oxazole rings is 1. The van der Waals surface area contributed by atoms with Crippen LogP contribution in [0.2, 0.25) is 0 Å². The molecule has 0 aliphatic carbocycles. The lowest BCUT2D eigenvalue weighted by Gasteiger charge is -2.36. The third kappa shape index (κ3) is 5.44. The topological polar surface area (TPSA) is 73.6 Å². The zero-order chi connectivity index (χ0) is 21.5. The maximum absolute atomic E-state index is 12.5. The Morgan fingerprint density at radius 1 is 1.03 bits per heavy atom. The predicted octanol–water partition coefficient (Wildman–Crippen LogP) is 3.85. The maximum Gasteiger partial charge on any atom is 0.319 e. The molecular formula is C24H29N5O2. The van der Waals surface area contributed by atoms with E-state index in [1.807, 2.05) is 48.5 Å². The minimum Gasteiger partial charge on any atom is -0.444 e. The molecule has 7 heteroatoms. The lowest BCUT2D eigenvalue weighted by Crippen LogP contribution is -2.46. The van der Waals surface area contributed by atoms with E-state index in [0.717, 1.165) is 55.4 Å². The Morgan fingerprint density at radius 3 is 2.55 bits per heavy atom. The quantitative estimate of drug-likeness (QED) is 0.609. The van der Waals surface area contributed by atoms with Crippen molar-refractivity contribution in [3.05, 3.63) is 66.6 Å². The van der Waals surface area contributed by atoms with Gasteiger partial charge in [-0.25, -0.2) is 9.78 Å². The van der Waals surface area contributed by atoms with Crippen LogP contribution >= 0.6 is 0 Å². The van der Waals surface area contributed by atoms with Crippen LogP contribution in [0, 0.1) is 0 Å². The lowest BCUT2D eigenvalue weighted by molar-refractivity contribution is 0.252. The summed E-state index contributed by atoms with van der Waals surface area (Å²) in [7, 11) is 0. The van der Waals surface area contributed by atoms with Crippen molar-refractivity contribution in [2.45, 2.75) is 13.3 Å². The average Bonchev–Trinajstić information content (AvgIpc) is 3.29. The van der Waals surface area contributed by atoms with Crippen molar-refractivity contribution in [2.24, 2.45) is 0 Å². The highest BCUT2D eigenvalue weighted by Gasteiger charge is 2.18. The van der Waals surface area contributed by atoms with E-state index in [1.165, 1.54) is 0 Å². The zero-order valence-corrected chi connectivity index (χ0v) is 17.9. The second kappa shape index (κ2) is 10.1. The SMILES string of the molecule is CCN1CCN(c2ccccc2NC(=O)NCCc2coc(-c3ccccc3)n2)CC1. The van der Waals surface area contributed by atoms with Gasteiger partial charge < -0.3 is 24.9 Å². The van der Waals surface area contributed by atoms with E-state index in [4.69, 9.17) is 4.42 Å². The fourth-order valence-electron chi connectivity index (χ4n) is 3.77. The van der Waals surface area contributed by atoms with E-state index in [0.29, 0.717) is 18.9 Å². The van der Waals surface area contributed by atoms with Gasteiger partial charge in [-0.3, -0.25) is 0 Å². The van der Waals surface area contributed by atoms with Crippen molar-refractivity contribution >= 4 is 17.4 Å². The first-order valence-corrected chi connectivity index (χ1v) is 10.8. The van der Waals surface area contributed by atoms with Crippen LogP contribution in [-0.2, 0) is 6.42 Å². The molecule has 4 rings (SSSR count). The number of likely N-dealkylation sites (N-methyl/N-ethyl adjacent to an activating group) is 1. The number of rotatable bonds is 7. The molecule has 162 valence electrons. The number of hydrogen-bond donors (Lipinski definition) is 2. The predicted molar refractivity (Wildman–Crippen MR) is 123 cm³/mol. The Labute approximate surface area is 183 Å². The number of nitrogens with zero attached hydrogens (tertiary/aromatic N) is 3. The molecule has 2 aromatic carbocycles. The van der Waals surface area contributed by atoms with Crippen LogP contribution < -0.4 is 15.5 Å². The Hall–Kier alpha value is -3.32.